The summed E-state index contributed by atoms with van der Waals surface area (Å²) >= 11 is 1.75. The zero-order chi connectivity index (χ0) is 10.7. The van der Waals surface area contributed by atoms with Crippen molar-refractivity contribution in [2.75, 3.05) is 0 Å². The van der Waals surface area contributed by atoms with E-state index in [0.717, 1.165) is 5.69 Å². The molecule has 0 saturated carbocycles. The average Bonchev–Trinajstić information content (AvgIpc) is 2.66. The molecule has 2 atom stereocenters. The van der Waals surface area contributed by atoms with E-state index < -0.39 is 0 Å². The summed E-state index contributed by atoms with van der Waals surface area (Å²) in [5.74, 6) is 0. The minimum absolute atomic E-state index is 0.372. The molecule has 82 valence electrons. The van der Waals surface area contributed by atoms with Crippen molar-refractivity contribution >= 4 is 11.3 Å². The van der Waals surface area contributed by atoms with Crippen molar-refractivity contribution in [1.82, 2.24) is 10.3 Å². The number of hydrogen-bond donors (Lipinski definition) is 1. The molecule has 0 spiro atoms. The second kappa shape index (κ2) is 4.90. The van der Waals surface area contributed by atoms with Crippen molar-refractivity contribution < 1.29 is 0 Å². The van der Waals surface area contributed by atoms with Gasteiger partial charge < -0.3 is 5.32 Å². The number of aryl methyl sites for hydroxylation is 1. The van der Waals surface area contributed by atoms with Crippen LogP contribution in [0.5, 0.6) is 0 Å². The van der Waals surface area contributed by atoms with Gasteiger partial charge in [-0.1, -0.05) is 12.2 Å². The third kappa shape index (κ3) is 2.89. The normalized spacial score (nSPS) is 22.9. The lowest BCUT2D eigenvalue weighted by Gasteiger charge is -2.21. The summed E-state index contributed by atoms with van der Waals surface area (Å²) in [7, 11) is 0. The van der Waals surface area contributed by atoms with Crippen LogP contribution >= 0.6 is 11.3 Å². The Hall–Kier alpha value is -0.670. The summed E-state index contributed by atoms with van der Waals surface area (Å²) in [6.45, 7) is 4.24. The minimum Gasteiger partial charge on any atom is -0.302 e. The van der Waals surface area contributed by atoms with Gasteiger partial charge in [-0.05, 0) is 33.1 Å². The van der Waals surface area contributed by atoms with Crippen molar-refractivity contribution in [3.05, 3.63) is 28.2 Å². The molecule has 0 bridgehead atoms. The zero-order valence-electron chi connectivity index (χ0n) is 9.36. The molecule has 0 aromatic carbocycles. The number of hydrogen-bond acceptors (Lipinski definition) is 3. The Morgan fingerprint density at radius 3 is 3.07 bits per heavy atom. The number of nitrogens with zero attached hydrogens (tertiary/aromatic N) is 1. The van der Waals surface area contributed by atoms with E-state index in [9.17, 15) is 0 Å². The van der Waals surface area contributed by atoms with Crippen molar-refractivity contribution in [2.24, 2.45) is 0 Å². The number of nitrogens with one attached hydrogen (secondary N) is 1. The van der Waals surface area contributed by atoms with Crippen LogP contribution in [0.25, 0.3) is 0 Å². The van der Waals surface area contributed by atoms with Gasteiger partial charge >= 0.3 is 0 Å². The van der Waals surface area contributed by atoms with E-state index >= 15 is 0 Å². The monoisotopic (exact) mass is 222 g/mol. The Balaban J connectivity index is 1.94. The first-order valence-electron chi connectivity index (χ1n) is 5.60. The minimum atomic E-state index is 0.372. The Morgan fingerprint density at radius 1 is 1.60 bits per heavy atom. The molecule has 1 aromatic heterocycles. The van der Waals surface area contributed by atoms with Crippen LogP contribution in [0.1, 0.15) is 42.9 Å². The van der Waals surface area contributed by atoms with E-state index in [1.165, 1.54) is 24.3 Å². The van der Waals surface area contributed by atoms with Gasteiger partial charge in [0.25, 0.3) is 0 Å². The Bertz CT molecular complexity index is 343. The predicted octanol–water partition coefficient (Wildman–Crippen LogP) is 3.21. The molecule has 0 amide bonds. The molecule has 1 aliphatic rings. The quantitative estimate of drug-likeness (QED) is 0.794. The third-order valence-electron chi connectivity index (χ3n) is 2.73. The summed E-state index contributed by atoms with van der Waals surface area (Å²) in [5, 5.41) is 6.93. The van der Waals surface area contributed by atoms with Crippen LogP contribution in [0.15, 0.2) is 17.5 Å². The van der Waals surface area contributed by atoms with Gasteiger partial charge in [-0.3, -0.25) is 0 Å². The molecule has 2 rings (SSSR count). The standard InChI is InChI=1S/C12H18N2S/c1-9-8-15-12(13-9)10(2)14-11-6-4-3-5-7-11/h4,6,8,10-11,14H,3,5,7H2,1-2H3. The van der Waals surface area contributed by atoms with Gasteiger partial charge in [0, 0.05) is 17.1 Å². The van der Waals surface area contributed by atoms with E-state index in [1.54, 1.807) is 11.3 Å². The molecule has 1 heterocycles. The smallest absolute Gasteiger partial charge is 0.110 e. The predicted molar refractivity (Wildman–Crippen MR) is 65.2 cm³/mol. The first-order valence-corrected chi connectivity index (χ1v) is 6.48. The van der Waals surface area contributed by atoms with E-state index in [0.29, 0.717) is 12.1 Å². The largest absolute Gasteiger partial charge is 0.302 e. The SMILES string of the molecule is Cc1csc(C(C)NC2C=CCCC2)n1. The van der Waals surface area contributed by atoms with Crippen LogP contribution < -0.4 is 5.32 Å². The van der Waals surface area contributed by atoms with Crippen molar-refractivity contribution in [3.63, 3.8) is 0 Å². The van der Waals surface area contributed by atoms with Crippen molar-refractivity contribution in [1.29, 1.82) is 0 Å². The highest BCUT2D eigenvalue weighted by Crippen LogP contribution is 2.20. The summed E-state index contributed by atoms with van der Waals surface area (Å²) in [6.07, 6.45) is 8.37. The van der Waals surface area contributed by atoms with Crippen molar-refractivity contribution in [3.8, 4) is 0 Å². The molecular weight excluding hydrogens is 204 g/mol. The van der Waals surface area contributed by atoms with Crippen LogP contribution in [-0.4, -0.2) is 11.0 Å². The van der Waals surface area contributed by atoms with Crippen LogP contribution in [0, 0.1) is 6.92 Å². The fourth-order valence-corrected chi connectivity index (χ4v) is 2.73. The summed E-state index contributed by atoms with van der Waals surface area (Å²) < 4.78 is 0. The lowest BCUT2D eigenvalue weighted by molar-refractivity contribution is 0.466. The number of aromatic nitrogens is 1. The highest BCUT2D eigenvalue weighted by Gasteiger charge is 2.14. The molecule has 1 aliphatic carbocycles. The zero-order valence-corrected chi connectivity index (χ0v) is 10.2. The molecule has 3 heteroatoms. The third-order valence-corrected chi connectivity index (χ3v) is 3.87. The van der Waals surface area contributed by atoms with Gasteiger partial charge in [0.05, 0.1) is 6.04 Å². The van der Waals surface area contributed by atoms with Crippen LogP contribution in [0.3, 0.4) is 0 Å². The molecule has 2 nitrogen and oxygen atoms in total. The average molecular weight is 222 g/mol. The summed E-state index contributed by atoms with van der Waals surface area (Å²) in [6, 6.07) is 0.911. The first-order chi connectivity index (χ1) is 7.25. The molecule has 15 heavy (non-hydrogen) atoms. The molecule has 0 fully saturated rings. The lowest BCUT2D eigenvalue weighted by atomic mass is 10.0. The molecule has 1 aromatic rings. The highest BCUT2D eigenvalue weighted by atomic mass is 32.1. The maximum Gasteiger partial charge on any atom is 0.110 e. The maximum absolute atomic E-state index is 4.51. The van der Waals surface area contributed by atoms with Gasteiger partial charge in [-0.2, -0.15) is 0 Å². The Morgan fingerprint density at radius 2 is 2.47 bits per heavy atom. The van der Waals surface area contributed by atoms with E-state index in [4.69, 9.17) is 0 Å². The number of allylic oxidation sites excluding steroid dienone is 1. The summed E-state index contributed by atoms with van der Waals surface area (Å²) in [4.78, 5) is 4.51. The van der Waals surface area contributed by atoms with Crippen LogP contribution in [-0.2, 0) is 0 Å². The first kappa shape index (κ1) is 10.8. The van der Waals surface area contributed by atoms with Gasteiger partial charge in [0.1, 0.15) is 5.01 Å². The van der Waals surface area contributed by atoms with Gasteiger partial charge in [-0.25, -0.2) is 4.98 Å². The second-order valence-corrected chi connectivity index (χ2v) is 5.07. The van der Waals surface area contributed by atoms with Gasteiger partial charge in [-0.15, -0.1) is 11.3 Å². The Kier molecular flexibility index (Phi) is 3.54. The molecule has 0 saturated heterocycles. The van der Waals surface area contributed by atoms with Crippen LogP contribution in [0.2, 0.25) is 0 Å². The van der Waals surface area contributed by atoms with Crippen LogP contribution in [0.4, 0.5) is 0 Å². The maximum atomic E-state index is 4.51. The highest BCUT2D eigenvalue weighted by molar-refractivity contribution is 7.09. The molecular formula is C12H18N2S. The van der Waals surface area contributed by atoms with Gasteiger partial charge in [0.15, 0.2) is 0 Å². The summed E-state index contributed by atoms with van der Waals surface area (Å²) in [5.41, 5.74) is 1.13. The van der Waals surface area contributed by atoms with E-state index in [2.05, 4.69) is 34.8 Å². The van der Waals surface area contributed by atoms with E-state index in [-0.39, 0.29) is 0 Å². The number of thiazole rings is 1. The fourth-order valence-electron chi connectivity index (χ4n) is 1.91. The topological polar surface area (TPSA) is 24.9 Å². The van der Waals surface area contributed by atoms with E-state index in [1.807, 2.05) is 6.92 Å². The molecule has 1 N–H and O–H groups in total. The van der Waals surface area contributed by atoms with Gasteiger partial charge in [0.2, 0.25) is 0 Å². The molecule has 2 unspecified atom stereocenters. The fraction of sp³-hybridized carbons (Fsp3) is 0.583. The van der Waals surface area contributed by atoms with Crippen molar-refractivity contribution in [2.45, 2.75) is 45.2 Å². The number of rotatable bonds is 3. The second-order valence-electron chi connectivity index (χ2n) is 4.18. The lowest BCUT2D eigenvalue weighted by Crippen LogP contribution is -2.30. The molecule has 0 radical (unpaired) electrons. The Labute approximate surface area is 95.4 Å². The molecule has 0 aliphatic heterocycles.